The van der Waals surface area contributed by atoms with Gasteiger partial charge in [-0.1, -0.05) is 13.8 Å². The number of methoxy groups -OCH3 is 3. The van der Waals surface area contributed by atoms with Gasteiger partial charge in [0.05, 0.1) is 26.2 Å². The maximum absolute atomic E-state index is 12.4. The third-order valence-electron chi connectivity index (χ3n) is 3.07. The fourth-order valence-corrected chi connectivity index (χ4v) is 3.15. The normalized spacial score (nSPS) is 12.8. The standard InChI is InChI=1S/C14H21NO6S/c1-9(2)13(14(16)21-5)15-22(17,18)10-6-7-11(19-3)12(8-10)20-4/h6-9,13,15H,1-5H3/t13-/m0/s1. The fraction of sp³-hybridized carbons (Fsp3) is 0.500. The number of sulfonamides is 1. The summed E-state index contributed by atoms with van der Waals surface area (Å²) < 4.78 is 42.0. The molecule has 0 aliphatic carbocycles. The van der Waals surface area contributed by atoms with Crippen LogP contribution in [0.15, 0.2) is 23.1 Å². The monoisotopic (exact) mass is 331 g/mol. The van der Waals surface area contributed by atoms with Gasteiger partial charge in [-0.2, -0.15) is 4.72 Å². The minimum atomic E-state index is -3.90. The van der Waals surface area contributed by atoms with Gasteiger partial charge in [0.1, 0.15) is 6.04 Å². The first kappa shape index (κ1) is 18.2. The zero-order chi connectivity index (χ0) is 16.9. The Morgan fingerprint density at radius 3 is 2.14 bits per heavy atom. The Labute approximate surface area is 130 Å². The van der Waals surface area contributed by atoms with Crippen molar-refractivity contribution in [3.63, 3.8) is 0 Å². The van der Waals surface area contributed by atoms with Gasteiger partial charge in [0.15, 0.2) is 11.5 Å². The van der Waals surface area contributed by atoms with Crippen LogP contribution in [0, 0.1) is 5.92 Å². The van der Waals surface area contributed by atoms with Crippen molar-refractivity contribution in [3.8, 4) is 11.5 Å². The molecule has 0 radical (unpaired) electrons. The molecule has 0 amide bonds. The zero-order valence-corrected chi connectivity index (χ0v) is 14.1. The van der Waals surface area contributed by atoms with E-state index < -0.39 is 22.0 Å². The molecule has 1 aromatic carbocycles. The van der Waals surface area contributed by atoms with Gasteiger partial charge in [-0.25, -0.2) is 8.42 Å². The van der Waals surface area contributed by atoms with E-state index in [1.807, 2.05) is 0 Å². The minimum Gasteiger partial charge on any atom is -0.493 e. The molecule has 1 atom stereocenters. The number of carbonyl (C=O) groups is 1. The van der Waals surface area contributed by atoms with E-state index in [-0.39, 0.29) is 16.6 Å². The van der Waals surface area contributed by atoms with Crippen LogP contribution in [0.4, 0.5) is 0 Å². The highest BCUT2D eigenvalue weighted by atomic mass is 32.2. The second kappa shape index (κ2) is 7.46. The summed E-state index contributed by atoms with van der Waals surface area (Å²) >= 11 is 0. The number of nitrogens with one attached hydrogen (secondary N) is 1. The molecule has 7 nitrogen and oxygen atoms in total. The van der Waals surface area contributed by atoms with E-state index in [1.165, 1.54) is 39.5 Å². The molecule has 0 spiro atoms. The molecular weight excluding hydrogens is 310 g/mol. The lowest BCUT2D eigenvalue weighted by molar-refractivity contribution is -0.143. The lowest BCUT2D eigenvalue weighted by atomic mass is 10.1. The highest BCUT2D eigenvalue weighted by Gasteiger charge is 2.29. The summed E-state index contributed by atoms with van der Waals surface area (Å²) in [5.74, 6) is -0.208. The van der Waals surface area contributed by atoms with E-state index in [9.17, 15) is 13.2 Å². The average Bonchev–Trinajstić information content (AvgIpc) is 2.50. The first-order chi connectivity index (χ1) is 10.3. The van der Waals surface area contributed by atoms with Gasteiger partial charge in [0.2, 0.25) is 10.0 Å². The van der Waals surface area contributed by atoms with Crippen LogP contribution in [0.3, 0.4) is 0 Å². The van der Waals surface area contributed by atoms with Gasteiger partial charge >= 0.3 is 5.97 Å². The summed E-state index contributed by atoms with van der Waals surface area (Å²) in [6.07, 6.45) is 0. The molecule has 0 heterocycles. The van der Waals surface area contributed by atoms with Crippen molar-refractivity contribution in [2.24, 2.45) is 5.92 Å². The lowest BCUT2D eigenvalue weighted by Gasteiger charge is -2.20. The Morgan fingerprint density at radius 1 is 1.09 bits per heavy atom. The highest BCUT2D eigenvalue weighted by molar-refractivity contribution is 7.89. The van der Waals surface area contributed by atoms with Crippen LogP contribution in [0.1, 0.15) is 13.8 Å². The highest BCUT2D eigenvalue weighted by Crippen LogP contribution is 2.29. The Bertz CT molecular complexity index is 626. The van der Waals surface area contributed by atoms with E-state index in [4.69, 9.17) is 9.47 Å². The van der Waals surface area contributed by atoms with E-state index in [0.29, 0.717) is 5.75 Å². The second-order valence-electron chi connectivity index (χ2n) is 4.88. The summed E-state index contributed by atoms with van der Waals surface area (Å²) in [5.41, 5.74) is 0. The largest absolute Gasteiger partial charge is 0.493 e. The number of carbonyl (C=O) groups excluding carboxylic acids is 1. The second-order valence-corrected chi connectivity index (χ2v) is 6.60. The van der Waals surface area contributed by atoms with Crippen molar-refractivity contribution in [1.29, 1.82) is 0 Å². The number of rotatable bonds is 7. The van der Waals surface area contributed by atoms with Gasteiger partial charge in [0, 0.05) is 6.07 Å². The third-order valence-corrected chi connectivity index (χ3v) is 4.51. The summed E-state index contributed by atoms with van der Waals surface area (Å²) in [6.45, 7) is 3.44. The van der Waals surface area contributed by atoms with Crippen LogP contribution in [-0.2, 0) is 19.6 Å². The van der Waals surface area contributed by atoms with Crippen molar-refractivity contribution in [3.05, 3.63) is 18.2 Å². The van der Waals surface area contributed by atoms with Crippen LogP contribution in [0.5, 0.6) is 11.5 Å². The molecule has 1 N–H and O–H groups in total. The summed E-state index contributed by atoms with van der Waals surface area (Å²) in [6, 6.07) is 3.22. The molecule has 0 unspecified atom stereocenters. The first-order valence-electron chi connectivity index (χ1n) is 6.59. The molecule has 1 rings (SSSR count). The first-order valence-corrected chi connectivity index (χ1v) is 8.07. The quantitative estimate of drug-likeness (QED) is 0.755. The molecule has 22 heavy (non-hydrogen) atoms. The number of hydrogen-bond donors (Lipinski definition) is 1. The van der Waals surface area contributed by atoms with Crippen molar-refractivity contribution in [2.75, 3.05) is 21.3 Å². The predicted molar refractivity (Wildman–Crippen MR) is 80.5 cm³/mol. The third kappa shape index (κ3) is 4.11. The molecule has 8 heteroatoms. The lowest BCUT2D eigenvalue weighted by Crippen LogP contribution is -2.44. The topological polar surface area (TPSA) is 90.9 Å². The molecule has 0 bridgehead atoms. The van der Waals surface area contributed by atoms with Crippen molar-refractivity contribution in [2.45, 2.75) is 24.8 Å². The van der Waals surface area contributed by atoms with Crippen molar-refractivity contribution >= 4 is 16.0 Å². The maximum Gasteiger partial charge on any atom is 0.324 e. The van der Waals surface area contributed by atoms with E-state index >= 15 is 0 Å². The molecule has 0 saturated carbocycles. The molecular formula is C14H21NO6S. The summed E-state index contributed by atoms with van der Waals surface area (Å²) in [5, 5.41) is 0. The molecule has 0 aromatic heterocycles. The Hall–Kier alpha value is -1.80. The SMILES string of the molecule is COC(=O)[C@@H](NS(=O)(=O)c1ccc(OC)c(OC)c1)C(C)C. The van der Waals surface area contributed by atoms with E-state index in [2.05, 4.69) is 9.46 Å². The maximum atomic E-state index is 12.4. The van der Waals surface area contributed by atoms with Crippen LogP contribution in [0.25, 0.3) is 0 Å². The summed E-state index contributed by atoms with van der Waals surface area (Å²) in [4.78, 5) is 11.7. The van der Waals surface area contributed by atoms with Crippen LogP contribution >= 0.6 is 0 Å². The van der Waals surface area contributed by atoms with Gasteiger partial charge in [0.25, 0.3) is 0 Å². The van der Waals surface area contributed by atoms with Gasteiger partial charge in [-0.15, -0.1) is 0 Å². The number of hydrogen-bond acceptors (Lipinski definition) is 6. The number of esters is 1. The van der Waals surface area contributed by atoms with E-state index in [0.717, 1.165) is 0 Å². The van der Waals surface area contributed by atoms with Crippen molar-refractivity contribution < 1.29 is 27.4 Å². The molecule has 0 aliphatic rings. The number of ether oxygens (including phenoxy) is 3. The Kier molecular flexibility index (Phi) is 6.19. The Balaban J connectivity index is 3.15. The smallest absolute Gasteiger partial charge is 0.324 e. The zero-order valence-electron chi connectivity index (χ0n) is 13.2. The molecule has 0 saturated heterocycles. The van der Waals surface area contributed by atoms with E-state index in [1.54, 1.807) is 13.8 Å². The fourth-order valence-electron chi connectivity index (χ4n) is 1.80. The summed E-state index contributed by atoms with van der Waals surface area (Å²) in [7, 11) is 0.172. The van der Waals surface area contributed by atoms with Crippen molar-refractivity contribution in [1.82, 2.24) is 4.72 Å². The predicted octanol–water partition coefficient (Wildman–Crippen LogP) is 1.18. The van der Waals surface area contributed by atoms with Crippen LogP contribution in [-0.4, -0.2) is 41.8 Å². The van der Waals surface area contributed by atoms with Crippen LogP contribution < -0.4 is 14.2 Å². The molecule has 0 aliphatic heterocycles. The molecule has 1 aromatic rings. The average molecular weight is 331 g/mol. The molecule has 124 valence electrons. The number of benzene rings is 1. The minimum absolute atomic E-state index is 0.0281. The van der Waals surface area contributed by atoms with Crippen LogP contribution in [0.2, 0.25) is 0 Å². The van der Waals surface area contributed by atoms with Gasteiger partial charge < -0.3 is 14.2 Å². The van der Waals surface area contributed by atoms with Gasteiger partial charge in [-0.3, -0.25) is 4.79 Å². The van der Waals surface area contributed by atoms with Gasteiger partial charge in [-0.05, 0) is 18.1 Å². The molecule has 0 fully saturated rings. The Morgan fingerprint density at radius 2 is 1.68 bits per heavy atom.